The van der Waals surface area contributed by atoms with Gasteiger partial charge in [0.1, 0.15) is 5.50 Å². The van der Waals surface area contributed by atoms with Crippen molar-refractivity contribution in [1.82, 2.24) is 4.90 Å². The maximum absolute atomic E-state index is 6.17. The van der Waals surface area contributed by atoms with Crippen LogP contribution in [0, 0.1) is 0 Å². The summed E-state index contributed by atoms with van der Waals surface area (Å²) in [6, 6.07) is 5.75. The van der Waals surface area contributed by atoms with Crippen LogP contribution in [-0.4, -0.2) is 25.8 Å². The maximum atomic E-state index is 6.17. The van der Waals surface area contributed by atoms with Crippen molar-refractivity contribution in [2.24, 2.45) is 0 Å². The van der Waals surface area contributed by atoms with Crippen LogP contribution < -0.4 is 9.47 Å². The van der Waals surface area contributed by atoms with E-state index in [2.05, 4.69) is 0 Å². The SMILES string of the molecule is CN(C)C(Cl)c1ccc2c(c1)OCO2. The van der Waals surface area contributed by atoms with Crippen molar-refractivity contribution >= 4 is 11.6 Å². The molecule has 0 aromatic heterocycles. The molecule has 1 aliphatic heterocycles. The standard InChI is InChI=1S/C10H12ClNO2/c1-12(2)10(11)7-3-4-8-9(5-7)14-6-13-8/h3-5,10H,6H2,1-2H3. The fourth-order valence-corrected chi connectivity index (χ4v) is 1.50. The van der Waals surface area contributed by atoms with Crippen molar-refractivity contribution in [3.8, 4) is 11.5 Å². The van der Waals surface area contributed by atoms with E-state index in [0.717, 1.165) is 17.1 Å². The molecule has 0 aliphatic carbocycles. The molecule has 0 N–H and O–H groups in total. The van der Waals surface area contributed by atoms with Gasteiger partial charge in [-0.3, -0.25) is 4.90 Å². The van der Waals surface area contributed by atoms with Crippen molar-refractivity contribution < 1.29 is 9.47 Å². The van der Waals surface area contributed by atoms with Gasteiger partial charge in [-0.1, -0.05) is 6.07 Å². The van der Waals surface area contributed by atoms with Crippen molar-refractivity contribution in [1.29, 1.82) is 0 Å². The molecule has 0 saturated heterocycles. The molecule has 1 aliphatic rings. The van der Waals surface area contributed by atoms with Crippen LogP contribution in [0.4, 0.5) is 0 Å². The first-order valence-electron chi connectivity index (χ1n) is 4.38. The summed E-state index contributed by atoms with van der Waals surface area (Å²) in [7, 11) is 3.87. The summed E-state index contributed by atoms with van der Waals surface area (Å²) in [5.74, 6) is 1.56. The monoisotopic (exact) mass is 213 g/mol. The molecule has 0 spiro atoms. The van der Waals surface area contributed by atoms with Crippen LogP contribution in [0.1, 0.15) is 11.1 Å². The van der Waals surface area contributed by atoms with Gasteiger partial charge in [-0.25, -0.2) is 0 Å². The molecule has 0 fully saturated rings. The van der Waals surface area contributed by atoms with E-state index in [1.54, 1.807) is 0 Å². The largest absolute Gasteiger partial charge is 0.454 e. The van der Waals surface area contributed by atoms with Crippen LogP contribution in [0.3, 0.4) is 0 Å². The number of ether oxygens (including phenoxy) is 2. The van der Waals surface area contributed by atoms with Gasteiger partial charge in [0.2, 0.25) is 6.79 Å². The molecular formula is C10H12ClNO2. The number of hydrogen-bond acceptors (Lipinski definition) is 3. The fourth-order valence-electron chi connectivity index (χ4n) is 1.36. The van der Waals surface area contributed by atoms with Crippen LogP contribution in [0.15, 0.2) is 18.2 Å². The van der Waals surface area contributed by atoms with Crippen LogP contribution in [0.2, 0.25) is 0 Å². The minimum atomic E-state index is -0.135. The number of halogens is 1. The van der Waals surface area contributed by atoms with Crippen LogP contribution in [0.5, 0.6) is 11.5 Å². The molecule has 1 unspecified atom stereocenters. The van der Waals surface area contributed by atoms with Gasteiger partial charge >= 0.3 is 0 Å². The highest BCUT2D eigenvalue weighted by Gasteiger charge is 2.17. The van der Waals surface area contributed by atoms with Gasteiger partial charge in [0.05, 0.1) is 0 Å². The zero-order valence-electron chi connectivity index (χ0n) is 8.16. The number of nitrogens with zero attached hydrogens (tertiary/aromatic N) is 1. The van der Waals surface area contributed by atoms with Crippen molar-refractivity contribution in [3.05, 3.63) is 23.8 Å². The van der Waals surface area contributed by atoms with Gasteiger partial charge in [-0.15, -0.1) is 11.6 Å². The van der Waals surface area contributed by atoms with E-state index in [0.29, 0.717) is 6.79 Å². The lowest BCUT2D eigenvalue weighted by molar-refractivity contribution is 0.174. The molecule has 1 aromatic rings. The minimum absolute atomic E-state index is 0.135. The summed E-state index contributed by atoms with van der Waals surface area (Å²) in [5.41, 5.74) is 0.880. The Labute approximate surface area is 88.2 Å². The smallest absolute Gasteiger partial charge is 0.231 e. The van der Waals surface area contributed by atoms with E-state index < -0.39 is 0 Å². The van der Waals surface area contributed by atoms with E-state index in [1.807, 2.05) is 37.2 Å². The Morgan fingerprint density at radius 1 is 1.29 bits per heavy atom. The Hall–Kier alpha value is -0.930. The van der Waals surface area contributed by atoms with Crippen molar-refractivity contribution in [2.75, 3.05) is 20.9 Å². The molecule has 3 nitrogen and oxygen atoms in total. The Morgan fingerprint density at radius 2 is 2.00 bits per heavy atom. The molecule has 76 valence electrons. The lowest BCUT2D eigenvalue weighted by atomic mass is 10.2. The van der Waals surface area contributed by atoms with E-state index in [4.69, 9.17) is 21.1 Å². The lowest BCUT2D eigenvalue weighted by Crippen LogP contribution is -2.14. The number of fused-ring (bicyclic) bond motifs is 1. The molecule has 1 heterocycles. The zero-order valence-corrected chi connectivity index (χ0v) is 8.91. The molecule has 0 amide bonds. The predicted molar refractivity (Wildman–Crippen MR) is 54.8 cm³/mol. The molecule has 0 bridgehead atoms. The molecule has 4 heteroatoms. The Bertz CT molecular complexity index is 341. The summed E-state index contributed by atoms with van der Waals surface area (Å²) in [5, 5.41) is 0. The highest BCUT2D eigenvalue weighted by molar-refractivity contribution is 6.20. The van der Waals surface area contributed by atoms with Crippen molar-refractivity contribution in [3.63, 3.8) is 0 Å². The minimum Gasteiger partial charge on any atom is -0.454 e. The molecule has 2 rings (SSSR count). The number of rotatable bonds is 2. The summed E-state index contributed by atoms with van der Waals surface area (Å²) in [4.78, 5) is 1.93. The molecule has 1 atom stereocenters. The van der Waals surface area contributed by atoms with Gasteiger partial charge in [0.15, 0.2) is 11.5 Å². The van der Waals surface area contributed by atoms with Crippen LogP contribution in [-0.2, 0) is 0 Å². The summed E-state index contributed by atoms with van der Waals surface area (Å²) in [6.45, 7) is 0.299. The first-order valence-corrected chi connectivity index (χ1v) is 4.82. The number of hydrogen-bond donors (Lipinski definition) is 0. The predicted octanol–water partition coefficient (Wildman–Crippen LogP) is 2.21. The molecule has 1 aromatic carbocycles. The average molecular weight is 214 g/mol. The van der Waals surface area contributed by atoms with Crippen LogP contribution >= 0.6 is 11.6 Å². The van der Waals surface area contributed by atoms with Gasteiger partial charge in [-0.2, -0.15) is 0 Å². The first kappa shape index (κ1) is 9.62. The summed E-state index contributed by atoms with van der Waals surface area (Å²) in [6.07, 6.45) is 0. The molecule has 0 saturated carbocycles. The normalized spacial score (nSPS) is 16.0. The van der Waals surface area contributed by atoms with E-state index >= 15 is 0 Å². The lowest BCUT2D eigenvalue weighted by Gasteiger charge is -2.17. The van der Waals surface area contributed by atoms with Gasteiger partial charge in [-0.05, 0) is 31.8 Å². The number of alkyl halides is 1. The summed E-state index contributed by atoms with van der Waals surface area (Å²) >= 11 is 6.17. The third kappa shape index (κ3) is 1.65. The van der Waals surface area contributed by atoms with Crippen molar-refractivity contribution in [2.45, 2.75) is 5.50 Å². The van der Waals surface area contributed by atoms with Gasteiger partial charge in [0, 0.05) is 0 Å². The quantitative estimate of drug-likeness (QED) is 0.556. The second-order valence-electron chi connectivity index (χ2n) is 3.41. The summed E-state index contributed by atoms with van der Waals surface area (Å²) < 4.78 is 10.5. The molecule has 14 heavy (non-hydrogen) atoms. The number of benzene rings is 1. The topological polar surface area (TPSA) is 21.7 Å². The highest BCUT2D eigenvalue weighted by Crippen LogP contribution is 2.35. The third-order valence-electron chi connectivity index (χ3n) is 2.13. The second-order valence-corrected chi connectivity index (χ2v) is 3.83. The van der Waals surface area contributed by atoms with E-state index in [-0.39, 0.29) is 5.50 Å². The first-order chi connectivity index (χ1) is 6.68. The Balaban J connectivity index is 2.28. The average Bonchev–Trinajstić information content (AvgIpc) is 2.62. The van der Waals surface area contributed by atoms with Crippen LogP contribution in [0.25, 0.3) is 0 Å². The van der Waals surface area contributed by atoms with E-state index in [9.17, 15) is 0 Å². The second kappa shape index (κ2) is 3.67. The zero-order chi connectivity index (χ0) is 10.1. The fraction of sp³-hybridized carbons (Fsp3) is 0.400. The Morgan fingerprint density at radius 3 is 2.71 bits per heavy atom. The van der Waals surface area contributed by atoms with Gasteiger partial charge in [0.25, 0.3) is 0 Å². The van der Waals surface area contributed by atoms with E-state index in [1.165, 1.54) is 0 Å². The maximum Gasteiger partial charge on any atom is 0.231 e. The molecular weight excluding hydrogens is 202 g/mol. The molecule has 0 radical (unpaired) electrons. The Kier molecular flexibility index (Phi) is 2.52. The highest BCUT2D eigenvalue weighted by atomic mass is 35.5. The van der Waals surface area contributed by atoms with Gasteiger partial charge < -0.3 is 9.47 Å². The third-order valence-corrected chi connectivity index (χ3v) is 2.77.